The first-order valence-electron chi connectivity index (χ1n) is 4.79. The summed E-state index contributed by atoms with van der Waals surface area (Å²) < 4.78 is 0. The average Bonchev–Trinajstić information content (AvgIpc) is 2.35. The highest BCUT2D eigenvalue weighted by Crippen LogP contribution is 2.34. The van der Waals surface area contributed by atoms with E-state index in [9.17, 15) is 4.79 Å². The number of nitrogens with zero attached hydrogens (tertiary/aromatic N) is 1. The number of carbonyl (C=O) groups is 1. The molecule has 0 bridgehead atoms. The van der Waals surface area contributed by atoms with Crippen molar-refractivity contribution in [2.24, 2.45) is 0 Å². The van der Waals surface area contributed by atoms with Gasteiger partial charge in [-0.1, -0.05) is 46.4 Å². The van der Waals surface area contributed by atoms with E-state index >= 15 is 0 Å². The van der Waals surface area contributed by atoms with Crippen molar-refractivity contribution in [2.75, 3.05) is 0 Å². The fourth-order valence-corrected chi connectivity index (χ4v) is 2.20. The van der Waals surface area contributed by atoms with Crippen LogP contribution in [0, 0.1) is 0 Å². The Morgan fingerprint density at radius 2 is 1.56 bits per heavy atom. The van der Waals surface area contributed by atoms with Crippen LogP contribution < -0.4 is 0 Å². The number of hydrogen-bond acceptors (Lipinski definition) is 2. The van der Waals surface area contributed by atoms with Crippen LogP contribution in [0.15, 0.2) is 24.3 Å². The van der Waals surface area contributed by atoms with Crippen molar-refractivity contribution in [2.45, 2.75) is 0 Å². The number of aromatic nitrogens is 1. The van der Waals surface area contributed by atoms with Crippen LogP contribution in [0.2, 0.25) is 20.1 Å². The molecule has 2 aromatic rings. The second-order valence-corrected chi connectivity index (χ2v) is 5.06. The van der Waals surface area contributed by atoms with E-state index in [0.717, 1.165) is 0 Å². The van der Waals surface area contributed by atoms with Gasteiger partial charge in [0, 0.05) is 5.56 Å². The Bertz CT molecular complexity index is 628. The van der Waals surface area contributed by atoms with Crippen LogP contribution in [0.25, 0.3) is 11.3 Å². The minimum absolute atomic E-state index is 0.149. The molecule has 6 heteroatoms. The summed E-state index contributed by atoms with van der Waals surface area (Å²) in [5, 5.41) is 1.40. The van der Waals surface area contributed by atoms with Gasteiger partial charge in [-0.15, -0.1) is 0 Å². The quantitative estimate of drug-likeness (QED) is 0.564. The summed E-state index contributed by atoms with van der Waals surface area (Å²) >= 11 is 23.6. The molecule has 1 aromatic heterocycles. The molecule has 92 valence electrons. The van der Waals surface area contributed by atoms with Gasteiger partial charge in [-0.3, -0.25) is 4.79 Å². The number of pyridine rings is 1. The van der Waals surface area contributed by atoms with E-state index in [-0.39, 0.29) is 10.7 Å². The summed E-state index contributed by atoms with van der Waals surface area (Å²) in [6.07, 6.45) is 0.581. The number of carbonyl (C=O) groups excluding carboxylic acids is 1. The van der Waals surface area contributed by atoms with Crippen molar-refractivity contribution in [3.8, 4) is 11.3 Å². The molecule has 0 atom stereocenters. The molecule has 0 unspecified atom stereocenters. The largest absolute Gasteiger partial charge is 0.296 e. The normalized spacial score (nSPS) is 10.4. The van der Waals surface area contributed by atoms with E-state index in [2.05, 4.69) is 4.98 Å². The van der Waals surface area contributed by atoms with E-state index < -0.39 is 0 Å². The highest BCUT2D eigenvalue weighted by atomic mass is 35.5. The lowest BCUT2D eigenvalue weighted by molar-refractivity contribution is 0.111. The molecule has 0 aliphatic rings. The van der Waals surface area contributed by atoms with Crippen LogP contribution in [0.1, 0.15) is 10.5 Å². The smallest absolute Gasteiger partial charge is 0.169 e. The highest BCUT2D eigenvalue weighted by Gasteiger charge is 2.11. The summed E-state index contributed by atoms with van der Waals surface area (Å²) in [6.45, 7) is 0. The molecule has 0 saturated heterocycles. The SMILES string of the molecule is O=Cc1nc(-c2cc(Cl)c(Cl)cc2Cl)ccc1Cl. The molecular weight excluding hydrogens is 316 g/mol. The first-order chi connectivity index (χ1) is 8.52. The lowest BCUT2D eigenvalue weighted by Crippen LogP contribution is -1.92. The summed E-state index contributed by atoms with van der Waals surface area (Å²) in [4.78, 5) is 14.9. The number of rotatable bonds is 2. The maximum absolute atomic E-state index is 10.8. The molecule has 1 aromatic carbocycles. The van der Waals surface area contributed by atoms with Gasteiger partial charge in [0.05, 0.1) is 25.8 Å². The topological polar surface area (TPSA) is 30.0 Å². The van der Waals surface area contributed by atoms with Crippen LogP contribution in [0.5, 0.6) is 0 Å². The fraction of sp³-hybridized carbons (Fsp3) is 0. The third-order valence-corrected chi connectivity index (χ3v) is 3.63. The van der Waals surface area contributed by atoms with Crippen molar-refractivity contribution >= 4 is 52.7 Å². The zero-order valence-electron chi connectivity index (χ0n) is 8.75. The molecular formula is C12H5Cl4NO. The van der Waals surface area contributed by atoms with Crippen LogP contribution in [-0.4, -0.2) is 11.3 Å². The van der Waals surface area contributed by atoms with E-state index in [4.69, 9.17) is 46.4 Å². The van der Waals surface area contributed by atoms with Crippen molar-refractivity contribution < 1.29 is 4.79 Å². The fourth-order valence-electron chi connectivity index (χ4n) is 1.41. The van der Waals surface area contributed by atoms with Crippen LogP contribution in [-0.2, 0) is 0 Å². The Morgan fingerprint density at radius 3 is 2.22 bits per heavy atom. The van der Waals surface area contributed by atoms with Crippen molar-refractivity contribution in [1.29, 1.82) is 0 Å². The van der Waals surface area contributed by atoms with Gasteiger partial charge in [-0.05, 0) is 24.3 Å². The first kappa shape index (κ1) is 13.6. The molecule has 0 saturated carbocycles. The van der Waals surface area contributed by atoms with Gasteiger partial charge < -0.3 is 0 Å². The van der Waals surface area contributed by atoms with Gasteiger partial charge in [0.1, 0.15) is 5.69 Å². The zero-order chi connectivity index (χ0) is 13.3. The predicted molar refractivity (Wildman–Crippen MR) is 75.1 cm³/mol. The summed E-state index contributed by atoms with van der Waals surface area (Å²) in [7, 11) is 0. The third kappa shape index (κ3) is 2.62. The molecule has 0 N–H and O–H groups in total. The molecule has 0 radical (unpaired) electrons. The van der Waals surface area contributed by atoms with Gasteiger partial charge in [0.15, 0.2) is 6.29 Å². The van der Waals surface area contributed by atoms with Gasteiger partial charge in [0.2, 0.25) is 0 Å². The standard InChI is InChI=1S/C12H5Cl4NO/c13-7-1-2-11(17-12(7)5-18)6-3-9(15)10(16)4-8(6)14/h1-5H. The van der Waals surface area contributed by atoms with Gasteiger partial charge in [-0.2, -0.15) is 0 Å². The third-order valence-electron chi connectivity index (χ3n) is 2.27. The summed E-state index contributed by atoms with van der Waals surface area (Å²) in [5.41, 5.74) is 1.24. The molecule has 1 heterocycles. The van der Waals surface area contributed by atoms with E-state index in [1.54, 1.807) is 18.2 Å². The van der Waals surface area contributed by atoms with Crippen molar-refractivity contribution in [3.63, 3.8) is 0 Å². The van der Waals surface area contributed by atoms with Gasteiger partial charge in [0.25, 0.3) is 0 Å². The molecule has 0 amide bonds. The summed E-state index contributed by atoms with van der Waals surface area (Å²) in [6, 6.07) is 6.35. The van der Waals surface area contributed by atoms with E-state index in [1.165, 1.54) is 6.07 Å². The lowest BCUT2D eigenvalue weighted by atomic mass is 10.1. The molecule has 0 spiro atoms. The number of halogens is 4. The Kier molecular flexibility index (Phi) is 4.13. The molecule has 2 rings (SSSR count). The minimum atomic E-state index is 0.149. The maximum Gasteiger partial charge on any atom is 0.169 e. The molecule has 18 heavy (non-hydrogen) atoms. The Morgan fingerprint density at radius 1 is 0.889 bits per heavy atom. The molecule has 0 fully saturated rings. The van der Waals surface area contributed by atoms with E-state index in [1.807, 2.05) is 0 Å². The first-order valence-corrected chi connectivity index (χ1v) is 6.30. The molecule has 0 aliphatic carbocycles. The monoisotopic (exact) mass is 319 g/mol. The van der Waals surface area contributed by atoms with Crippen LogP contribution in [0.3, 0.4) is 0 Å². The Labute approximate surface area is 123 Å². The Hall–Kier alpha value is -0.800. The highest BCUT2D eigenvalue weighted by molar-refractivity contribution is 6.44. The predicted octanol–water partition coefficient (Wildman–Crippen LogP) is 5.17. The van der Waals surface area contributed by atoms with Gasteiger partial charge >= 0.3 is 0 Å². The summed E-state index contributed by atoms with van der Waals surface area (Å²) in [5.74, 6) is 0. The number of benzene rings is 1. The van der Waals surface area contributed by atoms with Crippen molar-refractivity contribution in [1.82, 2.24) is 4.98 Å². The number of hydrogen-bond donors (Lipinski definition) is 0. The van der Waals surface area contributed by atoms with Crippen LogP contribution in [0.4, 0.5) is 0 Å². The minimum Gasteiger partial charge on any atom is -0.296 e. The molecule has 2 nitrogen and oxygen atoms in total. The van der Waals surface area contributed by atoms with Gasteiger partial charge in [-0.25, -0.2) is 4.98 Å². The van der Waals surface area contributed by atoms with E-state index in [0.29, 0.717) is 32.6 Å². The van der Waals surface area contributed by atoms with Crippen LogP contribution >= 0.6 is 46.4 Å². The second kappa shape index (κ2) is 5.45. The Balaban J connectivity index is 2.62. The average molecular weight is 321 g/mol. The number of aldehydes is 1. The second-order valence-electron chi connectivity index (χ2n) is 3.43. The maximum atomic E-state index is 10.8. The zero-order valence-corrected chi connectivity index (χ0v) is 11.8. The van der Waals surface area contributed by atoms with Crippen molar-refractivity contribution in [3.05, 3.63) is 50.0 Å². The lowest BCUT2D eigenvalue weighted by Gasteiger charge is -2.07. The molecule has 0 aliphatic heterocycles.